The fourth-order valence-corrected chi connectivity index (χ4v) is 5.30. The number of para-hydroxylation sites is 1. The minimum atomic E-state index is -0.339. The molecular weight excluding hydrogens is 492 g/mol. The summed E-state index contributed by atoms with van der Waals surface area (Å²) in [6.45, 7) is 0. The molecule has 3 aromatic carbocycles. The number of fused-ring (bicyclic) bond motifs is 1. The quantitative estimate of drug-likeness (QED) is 0.244. The van der Waals surface area contributed by atoms with Crippen LogP contribution in [0.25, 0.3) is 37.9 Å². The van der Waals surface area contributed by atoms with Crippen LogP contribution in [0.1, 0.15) is 0 Å². The van der Waals surface area contributed by atoms with Gasteiger partial charge >= 0.3 is 5.56 Å². The van der Waals surface area contributed by atoms with Gasteiger partial charge in [0.2, 0.25) is 10.3 Å². The number of nitrogens with one attached hydrogen (secondary N) is 1. The molecule has 6 aromatic rings. The number of nitrogens with zero attached hydrogens (tertiary/aromatic N) is 5. The second kappa shape index (κ2) is 9.33. The van der Waals surface area contributed by atoms with E-state index >= 15 is 0 Å². The number of hydrogen-bond donors (Lipinski definition) is 1. The van der Waals surface area contributed by atoms with E-state index in [9.17, 15) is 4.79 Å². The van der Waals surface area contributed by atoms with Crippen molar-refractivity contribution < 1.29 is 4.74 Å². The van der Waals surface area contributed by atoms with E-state index in [1.807, 2.05) is 84.2 Å². The van der Waals surface area contributed by atoms with Gasteiger partial charge in [0.1, 0.15) is 5.75 Å². The third-order valence-corrected chi connectivity index (χ3v) is 7.26. The number of benzene rings is 3. The fourth-order valence-electron chi connectivity index (χ4n) is 3.72. The highest BCUT2D eigenvalue weighted by molar-refractivity contribution is 7.21. The lowest BCUT2D eigenvalue weighted by Gasteiger charge is -2.00. The van der Waals surface area contributed by atoms with Crippen LogP contribution in [-0.4, -0.2) is 26.9 Å². The second-order valence-electron chi connectivity index (χ2n) is 7.75. The SMILES string of the molecule is COc1ccc(-c2csc(-n3[nH]c(-c4ccccc4)c(N=Nc4nc5ccccc5s4)c3=O)n2)cc1. The van der Waals surface area contributed by atoms with Gasteiger partial charge in [0.25, 0.3) is 0 Å². The molecule has 0 aliphatic carbocycles. The summed E-state index contributed by atoms with van der Waals surface area (Å²) < 4.78 is 7.65. The van der Waals surface area contributed by atoms with E-state index in [0.717, 1.165) is 32.8 Å². The summed E-state index contributed by atoms with van der Waals surface area (Å²) in [4.78, 5) is 22.7. The monoisotopic (exact) mass is 510 g/mol. The number of hydrogen-bond acceptors (Lipinski definition) is 8. The van der Waals surface area contributed by atoms with Gasteiger partial charge in [0.05, 0.1) is 28.7 Å². The Morgan fingerprint density at radius 1 is 0.889 bits per heavy atom. The predicted molar refractivity (Wildman–Crippen MR) is 143 cm³/mol. The van der Waals surface area contributed by atoms with Crippen LogP contribution in [0.4, 0.5) is 10.8 Å². The maximum absolute atomic E-state index is 13.5. The largest absolute Gasteiger partial charge is 0.497 e. The van der Waals surface area contributed by atoms with Gasteiger partial charge in [-0.15, -0.1) is 21.6 Å². The number of azo groups is 1. The lowest BCUT2D eigenvalue weighted by Crippen LogP contribution is -2.13. The first-order chi connectivity index (χ1) is 17.7. The van der Waals surface area contributed by atoms with Crippen molar-refractivity contribution in [2.45, 2.75) is 0 Å². The summed E-state index contributed by atoms with van der Waals surface area (Å²) in [7, 11) is 1.63. The molecule has 0 saturated heterocycles. The van der Waals surface area contributed by atoms with Crippen LogP contribution >= 0.6 is 22.7 Å². The van der Waals surface area contributed by atoms with E-state index in [4.69, 9.17) is 4.74 Å². The summed E-state index contributed by atoms with van der Waals surface area (Å²) in [5, 5.41) is 14.7. The van der Waals surface area contributed by atoms with Crippen LogP contribution in [0, 0.1) is 0 Å². The van der Waals surface area contributed by atoms with Crippen molar-refractivity contribution in [3.8, 4) is 33.4 Å². The molecule has 0 amide bonds. The second-order valence-corrected chi connectivity index (χ2v) is 9.60. The highest BCUT2D eigenvalue weighted by Crippen LogP contribution is 2.32. The van der Waals surface area contributed by atoms with Crippen molar-refractivity contribution in [1.29, 1.82) is 0 Å². The van der Waals surface area contributed by atoms with Crippen LogP contribution in [0.3, 0.4) is 0 Å². The van der Waals surface area contributed by atoms with Crippen molar-refractivity contribution in [3.05, 3.63) is 94.6 Å². The Morgan fingerprint density at radius 3 is 2.44 bits per heavy atom. The molecule has 0 saturated carbocycles. The van der Waals surface area contributed by atoms with Crippen molar-refractivity contribution in [2.24, 2.45) is 10.2 Å². The molecule has 0 bridgehead atoms. The van der Waals surface area contributed by atoms with E-state index in [1.54, 1.807) is 7.11 Å². The molecule has 3 aromatic heterocycles. The Kier molecular flexibility index (Phi) is 5.72. The van der Waals surface area contributed by atoms with Crippen LogP contribution in [0.15, 0.2) is 99.3 Å². The molecule has 0 radical (unpaired) electrons. The average Bonchev–Trinajstić information content (AvgIpc) is 3.65. The standard InChI is InChI=1S/C26H18N6O2S2/c1-34-18-13-11-16(12-14-18)20-15-35-26(28-20)32-24(33)23(22(31-32)17-7-3-2-4-8-17)29-30-25-27-19-9-5-6-10-21(19)36-25/h2-15,31H,1H3. The van der Waals surface area contributed by atoms with E-state index in [-0.39, 0.29) is 11.2 Å². The first-order valence-electron chi connectivity index (χ1n) is 11.0. The third-order valence-electron chi connectivity index (χ3n) is 5.52. The topological polar surface area (TPSA) is 97.5 Å². The summed E-state index contributed by atoms with van der Waals surface area (Å²) in [5.41, 5.74) is 3.77. The van der Waals surface area contributed by atoms with Gasteiger partial charge in [-0.2, -0.15) is 4.68 Å². The molecule has 1 N–H and O–H groups in total. The van der Waals surface area contributed by atoms with E-state index in [1.165, 1.54) is 27.4 Å². The lowest BCUT2D eigenvalue weighted by atomic mass is 10.1. The molecule has 0 atom stereocenters. The molecule has 0 fully saturated rings. The number of H-pyrrole nitrogens is 1. The van der Waals surface area contributed by atoms with Gasteiger partial charge in [-0.05, 0) is 36.4 Å². The van der Waals surface area contributed by atoms with E-state index in [0.29, 0.717) is 16.0 Å². The predicted octanol–water partition coefficient (Wildman–Crippen LogP) is 6.99. The molecule has 3 heterocycles. The zero-order chi connectivity index (χ0) is 24.5. The average molecular weight is 511 g/mol. The summed E-state index contributed by atoms with van der Waals surface area (Å²) >= 11 is 2.78. The zero-order valence-corrected chi connectivity index (χ0v) is 20.6. The third kappa shape index (κ3) is 4.12. The van der Waals surface area contributed by atoms with Crippen molar-refractivity contribution in [3.63, 3.8) is 0 Å². The molecule has 0 spiro atoms. The fraction of sp³-hybridized carbons (Fsp3) is 0.0385. The molecule has 6 rings (SSSR count). The normalized spacial score (nSPS) is 11.5. The smallest absolute Gasteiger partial charge is 0.301 e. The Balaban J connectivity index is 1.41. The Labute approximate surface area is 213 Å². The first kappa shape index (κ1) is 22.1. The summed E-state index contributed by atoms with van der Waals surface area (Å²) in [6.07, 6.45) is 0. The first-order valence-corrected chi connectivity index (χ1v) is 12.7. The van der Waals surface area contributed by atoms with Gasteiger partial charge in [0.15, 0.2) is 5.69 Å². The Morgan fingerprint density at radius 2 is 1.67 bits per heavy atom. The maximum atomic E-state index is 13.5. The van der Waals surface area contributed by atoms with Gasteiger partial charge < -0.3 is 4.74 Å². The number of rotatable bonds is 6. The molecule has 10 heteroatoms. The summed E-state index contributed by atoms with van der Waals surface area (Å²) in [6, 6.07) is 25.0. The molecule has 0 aliphatic heterocycles. The molecule has 176 valence electrons. The minimum Gasteiger partial charge on any atom is -0.497 e. The molecular formula is C26H18N6O2S2. The van der Waals surface area contributed by atoms with Gasteiger partial charge in [0, 0.05) is 16.5 Å². The summed E-state index contributed by atoms with van der Waals surface area (Å²) in [5.74, 6) is 0.769. The lowest BCUT2D eigenvalue weighted by molar-refractivity contribution is 0.415. The maximum Gasteiger partial charge on any atom is 0.301 e. The Bertz CT molecular complexity index is 1710. The van der Waals surface area contributed by atoms with Crippen LogP contribution in [-0.2, 0) is 0 Å². The van der Waals surface area contributed by atoms with Crippen LogP contribution in [0.2, 0.25) is 0 Å². The zero-order valence-electron chi connectivity index (χ0n) is 19.0. The van der Waals surface area contributed by atoms with Crippen molar-refractivity contribution in [2.75, 3.05) is 7.11 Å². The highest BCUT2D eigenvalue weighted by atomic mass is 32.1. The number of aromatic nitrogens is 4. The van der Waals surface area contributed by atoms with E-state index in [2.05, 4.69) is 25.3 Å². The van der Waals surface area contributed by atoms with E-state index < -0.39 is 0 Å². The molecule has 0 aliphatic rings. The number of thiazole rings is 2. The van der Waals surface area contributed by atoms with Crippen molar-refractivity contribution >= 4 is 43.7 Å². The highest BCUT2D eigenvalue weighted by Gasteiger charge is 2.19. The van der Waals surface area contributed by atoms with Crippen molar-refractivity contribution in [1.82, 2.24) is 19.7 Å². The van der Waals surface area contributed by atoms with Crippen LogP contribution in [0.5, 0.6) is 5.75 Å². The molecule has 8 nitrogen and oxygen atoms in total. The van der Waals surface area contributed by atoms with Crippen LogP contribution < -0.4 is 10.3 Å². The Hall–Kier alpha value is -4.41. The number of ether oxygens (including phenoxy) is 1. The van der Waals surface area contributed by atoms with Gasteiger partial charge in [-0.3, -0.25) is 9.89 Å². The molecule has 36 heavy (non-hydrogen) atoms. The molecule has 0 unspecified atom stereocenters. The number of aromatic amines is 1. The minimum absolute atomic E-state index is 0.196. The van der Waals surface area contributed by atoms with Gasteiger partial charge in [-0.1, -0.05) is 53.8 Å². The van der Waals surface area contributed by atoms with Gasteiger partial charge in [-0.25, -0.2) is 9.97 Å². The number of methoxy groups -OCH3 is 1.